The maximum Gasteiger partial charge on any atom is 0.307 e. The molecule has 21 heavy (non-hydrogen) atoms. The molecule has 0 saturated heterocycles. The highest BCUT2D eigenvalue weighted by atomic mass is 19.1. The van der Waals surface area contributed by atoms with E-state index in [2.05, 4.69) is 4.98 Å². The molecule has 0 fully saturated rings. The first kappa shape index (κ1) is 14.8. The molecule has 2 N–H and O–H groups in total. The molecule has 1 unspecified atom stereocenters. The van der Waals surface area contributed by atoms with E-state index in [0.29, 0.717) is 17.7 Å². The van der Waals surface area contributed by atoms with E-state index >= 15 is 0 Å². The third-order valence-corrected chi connectivity index (χ3v) is 2.70. The summed E-state index contributed by atoms with van der Waals surface area (Å²) in [5.41, 5.74) is 5.25. The van der Waals surface area contributed by atoms with Gasteiger partial charge in [0.1, 0.15) is 0 Å². The Morgan fingerprint density at radius 2 is 2.10 bits per heavy atom. The number of nitro benzene ring substituents is 1. The first-order chi connectivity index (χ1) is 9.90. The summed E-state index contributed by atoms with van der Waals surface area (Å²) in [5.74, 6) is -2.75. The van der Waals surface area contributed by atoms with Crippen LogP contribution < -0.4 is 10.5 Å². The summed E-state index contributed by atoms with van der Waals surface area (Å²) in [6, 6.07) is 3.89. The van der Waals surface area contributed by atoms with Crippen LogP contribution in [-0.4, -0.2) is 9.91 Å². The van der Waals surface area contributed by atoms with Crippen LogP contribution in [0.4, 0.5) is 14.5 Å². The summed E-state index contributed by atoms with van der Waals surface area (Å²) >= 11 is 0. The van der Waals surface area contributed by atoms with E-state index in [1.54, 1.807) is 19.1 Å². The summed E-state index contributed by atoms with van der Waals surface area (Å²) < 4.78 is 32.5. The summed E-state index contributed by atoms with van der Waals surface area (Å²) in [5, 5.41) is 10.5. The van der Waals surface area contributed by atoms with Crippen molar-refractivity contribution in [2.24, 2.45) is 5.73 Å². The van der Waals surface area contributed by atoms with Crippen molar-refractivity contribution in [2.45, 2.75) is 13.0 Å². The van der Waals surface area contributed by atoms with E-state index in [1.165, 1.54) is 6.20 Å². The van der Waals surface area contributed by atoms with Crippen LogP contribution in [0.2, 0.25) is 0 Å². The molecule has 0 aliphatic rings. The molecule has 0 saturated carbocycles. The van der Waals surface area contributed by atoms with Gasteiger partial charge in [-0.15, -0.1) is 0 Å². The minimum Gasteiger partial charge on any atom is -0.435 e. The van der Waals surface area contributed by atoms with Gasteiger partial charge in [-0.2, -0.15) is 4.39 Å². The van der Waals surface area contributed by atoms with Crippen molar-refractivity contribution in [3.63, 3.8) is 0 Å². The highest BCUT2D eigenvalue weighted by Gasteiger charge is 2.21. The van der Waals surface area contributed by atoms with E-state index in [1.807, 2.05) is 0 Å². The summed E-state index contributed by atoms with van der Waals surface area (Å²) in [6.07, 6.45) is 1.40. The van der Waals surface area contributed by atoms with E-state index in [0.717, 1.165) is 0 Å². The maximum atomic E-state index is 13.8. The zero-order valence-electron chi connectivity index (χ0n) is 10.9. The normalized spacial score (nSPS) is 12.0. The number of hydrogen-bond acceptors (Lipinski definition) is 5. The van der Waals surface area contributed by atoms with Crippen LogP contribution >= 0.6 is 0 Å². The lowest BCUT2D eigenvalue weighted by Gasteiger charge is -2.12. The third kappa shape index (κ3) is 3.11. The molecule has 1 aromatic heterocycles. The fourth-order valence-corrected chi connectivity index (χ4v) is 1.68. The number of hydrogen-bond donors (Lipinski definition) is 1. The van der Waals surface area contributed by atoms with Crippen LogP contribution in [-0.2, 0) is 0 Å². The summed E-state index contributed by atoms with van der Waals surface area (Å²) in [6.45, 7) is 1.68. The van der Waals surface area contributed by atoms with Gasteiger partial charge < -0.3 is 10.5 Å². The number of rotatable bonds is 4. The van der Waals surface area contributed by atoms with E-state index in [4.69, 9.17) is 10.5 Å². The van der Waals surface area contributed by atoms with Gasteiger partial charge in [0.15, 0.2) is 11.6 Å². The number of nitrogens with two attached hydrogens (primary N) is 1. The number of nitro groups is 1. The Morgan fingerprint density at radius 1 is 1.38 bits per heavy atom. The van der Waals surface area contributed by atoms with Crippen LogP contribution in [0.5, 0.6) is 11.6 Å². The van der Waals surface area contributed by atoms with Gasteiger partial charge in [0, 0.05) is 23.9 Å². The molecule has 1 aromatic carbocycles. The van der Waals surface area contributed by atoms with Gasteiger partial charge in [-0.25, -0.2) is 9.37 Å². The van der Waals surface area contributed by atoms with Gasteiger partial charge >= 0.3 is 5.69 Å². The third-order valence-electron chi connectivity index (χ3n) is 2.70. The van der Waals surface area contributed by atoms with Crippen molar-refractivity contribution >= 4 is 5.69 Å². The zero-order chi connectivity index (χ0) is 15.6. The molecule has 0 bridgehead atoms. The molecular weight excluding hydrogens is 284 g/mol. The minimum absolute atomic E-state index is 0.0136. The SMILES string of the molecule is CC(N)c1cccnc1Oc1cc(F)c([N+](=O)[O-])cc1F. The smallest absolute Gasteiger partial charge is 0.307 e. The first-order valence-electron chi connectivity index (χ1n) is 5.92. The minimum atomic E-state index is -1.20. The van der Waals surface area contributed by atoms with Gasteiger partial charge in [-0.05, 0) is 13.0 Å². The second-order valence-corrected chi connectivity index (χ2v) is 4.28. The quantitative estimate of drug-likeness (QED) is 0.691. The molecule has 1 heterocycles. The summed E-state index contributed by atoms with van der Waals surface area (Å²) in [7, 11) is 0. The molecule has 2 aromatic rings. The zero-order valence-corrected chi connectivity index (χ0v) is 10.9. The Morgan fingerprint density at radius 3 is 2.71 bits per heavy atom. The number of nitrogens with zero attached hydrogens (tertiary/aromatic N) is 2. The van der Waals surface area contributed by atoms with Crippen molar-refractivity contribution < 1.29 is 18.4 Å². The standard InChI is InChI=1S/C13H11F2N3O3/c1-7(16)8-3-2-4-17-13(8)21-12-6-9(14)11(18(19)20)5-10(12)15/h2-7H,16H2,1H3. The highest BCUT2D eigenvalue weighted by Crippen LogP contribution is 2.31. The number of pyridine rings is 1. The molecule has 0 aliphatic carbocycles. The van der Waals surface area contributed by atoms with Gasteiger partial charge in [0.25, 0.3) is 0 Å². The van der Waals surface area contributed by atoms with Gasteiger partial charge in [0.2, 0.25) is 11.7 Å². The topological polar surface area (TPSA) is 91.3 Å². The summed E-state index contributed by atoms with van der Waals surface area (Å²) in [4.78, 5) is 13.4. The molecule has 0 aliphatic heterocycles. The number of halogens is 2. The van der Waals surface area contributed by atoms with E-state index in [-0.39, 0.29) is 5.88 Å². The molecule has 2 rings (SSSR count). The Labute approximate surface area is 118 Å². The number of benzene rings is 1. The fraction of sp³-hybridized carbons (Fsp3) is 0.154. The molecular formula is C13H11F2N3O3. The molecule has 8 heteroatoms. The van der Waals surface area contributed by atoms with Gasteiger partial charge in [-0.3, -0.25) is 10.1 Å². The van der Waals surface area contributed by atoms with E-state index in [9.17, 15) is 18.9 Å². The van der Waals surface area contributed by atoms with Crippen molar-refractivity contribution in [2.75, 3.05) is 0 Å². The monoisotopic (exact) mass is 295 g/mol. The maximum absolute atomic E-state index is 13.8. The van der Waals surface area contributed by atoms with Gasteiger partial charge in [-0.1, -0.05) is 6.07 Å². The predicted octanol–water partition coefficient (Wildman–Crippen LogP) is 3.08. The van der Waals surface area contributed by atoms with Crippen LogP contribution in [0.1, 0.15) is 18.5 Å². The highest BCUT2D eigenvalue weighted by molar-refractivity contribution is 5.42. The second-order valence-electron chi connectivity index (χ2n) is 4.28. The molecule has 0 spiro atoms. The molecule has 6 nitrogen and oxygen atoms in total. The molecule has 1 atom stereocenters. The lowest BCUT2D eigenvalue weighted by Crippen LogP contribution is -2.08. The van der Waals surface area contributed by atoms with Crippen molar-refractivity contribution in [1.29, 1.82) is 0 Å². The predicted molar refractivity (Wildman–Crippen MR) is 69.9 cm³/mol. The Bertz CT molecular complexity index is 692. The van der Waals surface area contributed by atoms with Crippen LogP contribution in [0.3, 0.4) is 0 Å². The lowest BCUT2D eigenvalue weighted by atomic mass is 10.1. The van der Waals surface area contributed by atoms with Crippen molar-refractivity contribution in [1.82, 2.24) is 4.98 Å². The second kappa shape index (κ2) is 5.80. The molecule has 0 amide bonds. The average molecular weight is 295 g/mol. The van der Waals surface area contributed by atoms with Gasteiger partial charge in [0.05, 0.1) is 11.0 Å². The van der Waals surface area contributed by atoms with Crippen molar-refractivity contribution in [3.8, 4) is 11.6 Å². The Balaban J connectivity index is 2.41. The largest absolute Gasteiger partial charge is 0.435 e. The molecule has 0 radical (unpaired) electrons. The van der Waals surface area contributed by atoms with E-state index < -0.39 is 34.0 Å². The lowest BCUT2D eigenvalue weighted by molar-refractivity contribution is -0.387. The Hall–Kier alpha value is -2.61. The van der Waals surface area contributed by atoms with Crippen LogP contribution in [0.15, 0.2) is 30.5 Å². The fourth-order valence-electron chi connectivity index (χ4n) is 1.68. The van der Waals surface area contributed by atoms with Crippen LogP contribution in [0.25, 0.3) is 0 Å². The average Bonchev–Trinajstić information content (AvgIpc) is 2.42. The molecule has 110 valence electrons. The van der Waals surface area contributed by atoms with Crippen LogP contribution in [0, 0.1) is 21.7 Å². The number of aromatic nitrogens is 1. The first-order valence-corrected chi connectivity index (χ1v) is 5.92. The Kier molecular flexibility index (Phi) is 4.08. The van der Waals surface area contributed by atoms with Crippen molar-refractivity contribution in [3.05, 3.63) is 57.8 Å². The number of ether oxygens (including phenoxy) is 1.